The van der Waals surface area contributed by atoms with Crippen molar-refractivity contribution < 1.29 is 89.3 Å². The number of nitrogens with zero attached hydrogens (tertiary/aromatic N) is 11. The first-order valence-corrected chi connectivity index (χ1v) is 39.8. The molecule has 19 atom stereocenters. The number of H-pyrrole nitrogens is 3. The number of nitrogen functional groups attached to an aromatic ring is 3. The monoisotopic (exact) mass is 1540 g/mol. The lowest BCUT2D eigenvalue weighted by molar-refractivity contribution is -0.219. The molecule has 5 aliphatic rings. The Morgan fingerprint density at radius 3 is 1.56 bits per heavy atom. The van der Waals surface area contributed by atoms with Crippen LogP contribution in [0.3, 0.4) is 0 Å². The number of fused-ring (bicyclic) bond motifs is 2. The molecule has 0 bridgehead atoms. The number of aromatic nitrogens is 14. The van der Waals surface area contributed by atoms with E-state index >= 15 is 0 Å². The molecule has 0 spiro atoms. The number of imidazole rings is 2. The number of hydrogen-bond acceptors (Lipinski definition) is 38. The van der Waals surface area contributed by atoms with Crippen molar-refractivity contribution >= 4 is 115 Å². The number of aromatic amines is 3. The SMILES string of the molecule is Cc1cn([C@H]2C[C@H](OP([O-])(=S)OC[C@H]3O[C@@H](n4cc(C)c(=O)[nH]c4=O)C[C@@H]3O)[C@@H](COP(=O)([S-])O[C@H]3C[C@H](n4cnc5c(N)ncnc54)O[C@@H]3COP([O-])(=S)O[C@H]3C[C@H](n4ccc(N)nc4=O)O[C@@H]3COP([O-])(=S)O[C@H]3C[C@H](n4cnc5c(=O)[nH]c(N)nc54)O[C@@H]3CO)O2)c(=O)[nH]c1=O. The Kier molecular flexibility index (Phi) is 21.6. The van der Waals surface area contributed by atoms with Gasteiger partial charge in [-0.05, 0) is 19.9 Å². The molecule has 0 amide bonds. The van der Waals surface area contributed by atoms with E-state index in [1.54, 1.807) is 0 Å². The number of hydrogen-bond donors (Lipinski definition) is 8. The maximum absolute atomic E-state index is 14.5. The smallest absolute Gasteiger partial charge is 0.351 e. The van der Waals surface area contributed by atoms with E-state index in [1.807, 2.05) is 0 Å². The Hall–Kier alpha value is -5.65. The first kappa shape index (κ1) is 73.1. The molecule has 50 heteroatoms. The van der Waals surface area contributed by atoms with E-state index in [-0.39, 0.29) is 83.1 Å². The van der Waals surface area contributed by atoms with Crippen molar-refractivity contribution in [3.8, 4) is 0 Å². The molecule has 5 fully saturated rings. The van der Waals surface area contributed by atoms with Crippen LogP contribution in [0.1, 0.15) is 74.4 Å². The number of aliphatic hydroxyl groups is 2. The summed E-state index contributed by atoms with van der Waals surface area (Å²) in [6.07, 6.45) is -12.9. The molecule has 0 aliphatic carbocycles. The van der Waals surface area contributed by atoms with Crippen LogP contribution < -0.4 is 65.6 Å². The lowest BCUT2D eigenvalue weighted by Gasteiger charge is -2.35. The minimum absolute atomic E-state index is 0.00303. The van der Waals surface area contributed by atoms with Gasteiger partial charge in [-0.3, -0.25) is 56.7 Å². The van der Waals surface area contributed by atoms with Gasteiger partial charge >= 0.3 is 17.1 Å². The highest BCUT2D eigenvalue weighted by Crippen LogP contribution is 2.54. The van der Waals surface area contributed by atoms with E-state index in [4.69, 9.17) is 125 Å². The lowest BCUT2D eigenvalue weighted by atomic mass is 10.2. The van der Waals surface area contributed by atoms with E-state index in [9.17, 15) is 58.2 Å². The molecule has 0 radical (unpaired) electrons. The normalized spacial score (nSPS) is 29.7. The molecule has 12 heterocycles. The van der Waals surface area contributed by atoms with Gasteiger partial charge in [0.2, 0.25) is 5.95 Å². The second-order valence-electron chi connectivity index (χ2n) is 23.0. The number of anilines is 3. The summed E-state index contributed by atoms with van der Waals surface area (Å²) in [5, 5.41) is 21.1. The number of nitrogens with one attached hydrogen (secondary N) is 3. The fraction of sp³-hybridized carbons (Fsp3) is 0.551. The molecule has 0 saturated carbocycles. The molecule has 0 aromatic carbocycles. The summed E-state index contributed by atoms with van der Waals surface area (Å²) in [6.45, 7) is -19.7. The van der Waals surface area contributed by atoms with E-state index in [0.717, 1.165) is 20.0 Å². The van der Waals surface area contributed by atoms with Gasteiger partial charge in [-0.25, -0.2) is 34.3 Å². The Morgan fingerprint density at radius 1 is 0.576 bits per heavy atom. The van der Waals surface area contributed by atoms with Crippen LogP contribution in [0.15, 0.2) is 72.4 Å². The van der Waals surface area contributed by atoms with Gasteiger partial charge in [-0.2, -0.15) is 9.97 Å². The van der Waals surface area contributed by atoms with E-state index < -0.39 is 186 Å². The molecular formula is C49H59N17O25P4S4-4. The average Bonchev–Trinajstić information content (AvgIpc) is 1.66. The summed E-state index contributed by atoms with van der Waals surface area (Å²) < 4.78 is 97.1. The predicted molar refractivity (Wildman–Crippen MR) is 344 cm³/mol. The molecular weight excluding hydrogens is 1480 g/mol. The Bertz CT molecular complexity index is 4790. The van der Waals surface area contributed by atoms with Gasteiger partial charge in [-0.1, -0.05) is 35.4 Å². The van der Waals surface area contributed by atoms with Gasteiger partial charge in [0.05, 0.1) is 76.2 Å². The third-order valence-electron chi connectivity index (χ3n) is 16.3. The second-order valence-corrected chi connectivity index (χ2v) is 33.8. The highest BCUT2D eigenvalue weighted by atomic mass is 32.7. The van der Waals surface area contributed by atoms with Crippen LogP contribution in [0, 0.1) is 13.8 Å². The topological polar surface area (TPSA) is 577 Å². The zero-order valence-corrected chi connectivity index (χ0v) is 58.0. The van der Waals surface area contributed by atoms with Gasteiger partial charge < -0.3 is 114 Å². The van der Waals surface area contributed by atoms with Crippen LogP contribution in [0.4, 0.5) is 17.6 Å². The van der Waals surface area contributed by atoms with Gasteiger partial charge in [0, 0.05) is 61.8 Å². The number of rotatable bonds is 26. The molecule has 7 aromatic heterocycles. The van der Waals surface area contributed by atoms with Crippen molar-refractivity contribution in [2.24, 2.45) is 0 Å². The van der Waals surface area contributed by atoms with Gasteiger partial charge in [0.15, 0.2) is 29.4 Å². The molecule has 99 heavy (non-hydrogen) atoms. The Morgan fingerprint density at radius 2 is 1.02 bits per heavy atom. The molecule has 11 N–H and O–H groups in total. The Balaban J connectivity index is 0.734. The number of nitrogens with two attached hydrogens (primary N) is 3. The molecule has 12 rings (SSSR count). The van der Waals surface area contributed by atoms with Crippen molar-refractivity contribution in [1.82, 2.24) is 67.7 Å². The van der Waals surface area contributed by atoms with Crippen molar-refractivity contribution in [3.05, 3.63) is 117 Å². The summed E-state index contributed by atoms with van der Waals surface area (Å²) >= 11 is 21.4. The molecule has 4 unspecified atom stereocenters. The third-order valence-corrected chi connectivity index (χ3v) is 22.6. The van der Waals surface area contributed by atoms with Crippen LogP contribution in [0.5, 0.6) is 0 Å². The van der Waals surface area contributed by atoms with Crippen molar-refractivity contribution in [3.63, 3.8) is 0 Å². The van der Waals surface area contributed by atoms with Crippen molar-refractivity contribution in [1.29, 1.82) is 0 Å². The summed E-state index contributed by atoms with van der Waals surface area (Å²) in [4.78, 5) is 149. The predicted octanol–water partition coefficient (Wildman–Crippen LogP) is -3.51. The third kappa shape index (κ3) is 16.6. The van der Waals surface area contributed by atoms with Crippen LogP contribution in [0.2, 0.25) is 0 Å². The Labute approximate surface area is 574 Å². The lowest BCUT2D eigenvalue weighted by Crippen LogP contribution is -2.34. The maximum Gasteiger partial charge on any atom is 0.351 e. The minimum Gasteiger partial charge on any atom is -0.780 e. The van der Waals surface area contributed by atoms with E-state index in [2.05, 4.69) is 44.9 Å². The van der Waals surface area contributed by atoms with Gasteiger partial charge in [0.25, 0.3) is 16.7 Å². The van der Waals surface area contributed by atoms with Gasteiger partial charge in [0.1, 0.15) is 99.5 Å². The minimum atomic E-state index is -4.83. The number of aliphatic hydroxyl groups excluding tert-OH is 2. The fourth-order valence-electron chi connectivity index (χ4n) is 11.5. The zero-order chi connectivity index (χ0) is 70.8. The zero-order valence-electron chi connectivity index (χ0n) is 51.1. The van der Waals surface area contributed by atoms with Crippen molar-refractivity contribution in [2.45, 2.75) is 138 Å². The standard InChI is InChI=1S/C49H63N17O25P4S4/c1-20-10-63(48(73)60-43(20)69)33-5-22(68)28(84-33)13-79-92(75,96)90-25-8-35(64-11-21(2)44(70)61-49(64)74)86-30(25)15-81-95(78,99)91-26-9-36(65-18-55-38-40(51)53-17-54-41(38)65)87-31(26)16-82-94(77,98)89-24-7-34(62-4-3-32(50)57-47(62)72)85-29(24)14-80-93(76,97)88-23-6-37(83-27(23)12-67)66-19-56-39-42(66)58-46(52)59-45(39)71/h3-4,10-11,17-19,22-31,33-37,67-68H,5-9,12-16H2,1-2H3,(H,75,96)(H,76,97)(H,77,98)(H,78,99)(H2,50,57,72)(H2,51,53,54)(H,60,69,73)(H,61,70,74)(H3,52,58,59,71)/p-4/t22-,23-,24-,25-,26-,27+,28+,29+,30+,31+,33+,34+,35+,36+,37+,92?,93?,94?,95?/m0/s1. The summed E-state index contributed by atoms with van der Waals surface area (Å²) in [6, 6.07) is 1.29. The van der Waals surface area contributed by atoms with Crippen LogP contribution in [-0.2, 0) is 112 Å². The maximum atomic E-state index is 14.5. The quantitative estimate of drug-likeness (QED) is 0.0192. The van der Waals surface area contributed by atoms with Crippen LogP contribution in [0.25, 0.3) is 22.3 Å². The van der Waals surface area contributed by atoms with E-state index in [0.29, 0.717) is 0 Å². The summed E-state index contributed by atoms with van der Waals surface area (Å²) in [5.74, 6) is -0.343. The number of aryl methyl sites for hydroxylation is 2. The highest BCUT2D eigenvalue weighted by molar-refractivity contribution is 8.32. The number of ether oxygens (including phenoxy) is 5. The summed E-state index contributed by atoms with van der Waals surface area (Å²) in [5.41, 5.74) is 13.6. The molecule has 5 aliphatic heterocycles. The largest absolute Gasteiger partial charge is 0.780 e. The summed E-state index contributed by atoms with van der Waals surface area (Å²) in [7, 11) is 0. The molecule has 538 valence electrons. The molecule has 7 aromatic rings. The fourth-order valence-corrected chi connectivity index (χ4v) is 17.3. The van der Waals surface area contributed by atoms with Crippen molar-refractivity contribution in [2.75, 3.05) is 50.2 Å². The highest BCUT2D eigenvalue weighted by Gasteiger charge is 2.46. The van der Waals surface area contributed by atoms with Crippen LogP contribution >= 0.6 is 27.0 Å². The van der Waals surface area contributed by atoms with Crippen LogP contribution in [-0.4, -0.2) is 172 Å². The second kappa shape index (κ2) is 29.2. The first-order valence-electron chi connectivity index (χ1n) is 29.6. The molecule has 5 saturated heterocycles. The average molecular weight is 1540 g/mol. The van der Waals surface area contributed by atoms with E-state index in [1.165, 1.54) is 60.3 Å². The first-order chi connectivity index (χ1) is 46.8. The van der Waals surface area contributed by atoms with Gasteiger partial charge in [-0.15, -0.1) is 0 Å². The molecule has 42 nitrogen and oxygen atoms in total.